The van der Waals surface area contributed by atoms with Gasteiger partial charge in [0.25, 0.3) is 0 Å². The van der Waals surface area contributed by atoms with Crippen molar-refractivity contribution in [1.29, 1.82) is 0 Å². The molecule has 0 aliphatic carbocycles. The van der Waals surface area contributed by atoms with E-state index < -0.39 is 0 Å². The van der Waals surface area contributed by atoms with Crippen molar-refractivity contribution >= 4 is 45.1 Å². The molecular weight excluding hydrogens is 388 g/mol. The Bertz CT molecular complexity index is 1240. The molecule has 146 valence electrons. The predicted molar refractivity (Wildman–Crippen MR) is 133 cm³/mol. The van der Waals surface area contributed by atoms with Crippen LogP contribution in [0.4, 0.5) is 0 Å². The van der Waals surface area contributed by atoms with Crippen LogP contribution in [0.15, 0.2) is 66.2 Å². The lowest BCUT2D eigenvalue weighted by Crippen LogP contribution is -1.85. The van der Waals surface area contributed by atoms with E-state index in [0.29, 0.717) is 0 Å². The molecule has 0 N–H and O–H groups in total. The number of hydrogen-bond acceptors (Lipinski definition) is 2. The van der Waals surface area contributed by atoms with Crippen LogP contribution in [-0.2, 0) is 0 Å². The minimum Gasteiger partial charge on any atom is -0.141 e. The van der Waals surface area contributed by atoms with E-state index in [-0.39, 0.29) is 0 Å². The lowest BCUT2D eigenvalue weighted by Gasteiger charge is -2.09. The van der Waals surface area contributed by atoms with Crippen LogP contribution in [-0.4, -0.2) is 0 Å². The Morgan fingerprint density at radius 1 is 0.793 bits per heavy atom. The quantitative estimate of drug-likeness (QED) is 0.292. The van der Waals surface area contributed by atoms with E-state index >= 15 is 0 Å². The Morgan fingerprint density at radius 3 is 2.21 bits per heavy atom. The SMILES string of the molecule is C/C=C(\C(C)=C/c1ccc2cc(C)c(-c3ccc(C)s3)cc2c1)c1ccc(C)s1. The third-order valence-corrected chi connectivity index (χ3v) is 7.38. The predicted octanol–water partition coefficient (Wildman–Crippen LogP) is 9.06. The Kier molecular flexibility index (Phi) is 5.58. The van der Waals surface area contributed by atoms with Gasteiger partial charge in [-0.3, -0.25) is 0 Å². The highest BCUT2D eigenvalue weighted by atomic mass is 32.1. The summed E-state index contributed by atoms with van der Waals surface area (Å²) < 4.78 is 0. The van der Waals surface area contributed by atoms with Gasteiger partial charge in [-0.2, -0.15) is 0 Å². The highest BCUT2D eigenvalue weighted by molar-refractivity contribution is 7.15. The van der Waals surface area contributed by atoms with Crippen molar-refractivity contribution in [3.8, 4) is 10.4 Å². The molecule has 0 aliphatic rings. The van der Waals surface area contributed by atoms with Crippen molar-refractivity contribution in [3.63, 3.8) is 0 Å². The molecule has 2 aromatic carbocycles. The zero-order valence-corrected chi connectivity index (χ0v) is 19.3. The molecule has 4 rings (SSSR count). The monoisotopic (exact) mass is 414 g/mol. The Hall–Kier alpha value is -2.42. The number of fused-ring (bicyclic) bond motifs is 1. The van der Waals surface area contributed by atoms with Gasteiger partial charge in [0, 0.05) is 19.5 Å². The van der Waals surface area contributed by atoms with Gasteiger partial charge in [-0.1, -0.05) is 30.4 Å². The van der Waals surface area contributed by atoms with Crippen LogP contribution < -0.4 is 0 Å². The Labute approximate surface area is 181 Å². The van der Waals surface area contributed by atoms with Crippen LogP contribution in [0.1, 0.15) is 39.6 Å². The molecular formula is C27H26S2. The van der Waals surface area contributed by atoms with Crippen molar-refractivity contribution in [2.75, 3.05) is 0 Å². The average molecular weight is 415 g/mol. The zero-order chi connectivity index (χ0) is 20.5. The van der Waals surface area contributed by atoms with Crippen LogP contribution in [0.5, 0.6) is 0 Å². The molecule has 0 amide bonds. The van der Waals surface area contributed by atoms with Crippen LogP contribution in [0.3, 0.4) is 0 Å². The second-order valence-electron chi connectivity index (χ2n) is 7.62. The third-order valence-electron chi connectivity index (χ3n) is 5.32. The fourth-order valence-corrected chi connectivity index (χ4v) is 5.79. The fourth-order valence-electron chi connectivity index (χ4n) is 3.84. The molecule has 2 heterocycles. The van der Waals surface area contributed by atoms with E-state index in [0.717, 1.165) is 0 Å². The van der Waals surface area contributed by atoms with E-state index in [4.69, 9.17) is 0 Å². The summed E-state index contributed by atoms with van der Waals surface area (Å²) in [5.74, 6) is 0. The molecule has 0 aliphatic heterocycles. The van der Waals surface area contributed by atoms with Gasteiger partial charge in [0.05, 0.1) is 0 Å². The molecule has 0 nitrogen and oxygen atoms in total. The number of benzene rings is 2. The zero-order valence-electron chi connectivity index (χ0n) is 17.7. The maximum atomic E-state index is 2.35. The second-order valence-corrected chi connectivity index (χ2v) is 10.2. The largest absolute Gasteiger partial charge is 0.141 e. The van der Waals surface area contributed by atoms with Crippen molar-refractivity contribution in [2.45, 2.75) is 34.6 Å². The Morgan fingerprint density at radius 2 is 1.55 bits per heavy atom. The molecule has 0 spiro atoms. The molecule has 0 radical (unpaired) electrons. The molecule has 2 aromatic heterocycles. The van der Waals surface area contributed by atoms with E-state index in [1.807, 2.05) is 22.7 Å². The molecule has 2 heteroatoms. The smallest absolute Gasteiger partial charge is 0.0348 e. The van der Waals surface area contributed by atoms with Gasteiger partial charge >= 0.3 is 0 Å². The van der Waals surface area contributed by atoms with Crippen LogP contribution in [0.2, 0.25) is 0 Å². The first-order valence-electron chi connectivity index (χ1n) is 9.97. The molecule has 0 unspecified atom stereocenters. The first kappa shape index (κ1) is 19.9. The number of thiophene rings is 2. The van der Waals surface area contributed by atoms with Crippen LogP contribution >= 0.6 is 22.7 Å². The maximum Gasteiger partial charge on any atom is 0.0348 e. The van der Waals surface area contributed by atoms with E-state index in [1.54, 1.807) is 0 Å². The summed E-state index contributed by atoms with van der Waals surface area (Å²) in [6.45, 7) is 10.9. The molecule has 0 saturated heterocycles. The number of allylic oxidation sites excluding steroid dienone is 3. The molecule has 0 saturated carbocycles. The third kappa shape index (κ3) is 4.14. The molecule has 4 aromatic rings. The minimum atomic E-state index is 1.25. The van der Waals surface area contributed by atoms with E-state index in [1.165, 1.54) is 58.1 Å². The summed E-state index contributed by atoms with van der Waals surface area (Å²) in [4.78, 5) is 5.40. The summed E-state index contributed by atoms with van der Waals surface area (Å²) in [7, 11) is 0. The van der Waals surface area contributed by atoms with Crippen LogP contribution in [0.25, 0.3) is 32.9 Å². The maximum absolute atomic E-state index is 2.35. The minimum absolute atomic E-state index is 1.25. The van der Waals surface area contributed by atoms with Gasteiger partial charge in [-0.15, -0.1) is 22.7 Å². The van der Waals surface area contributed by atoms with Gasteiger partial charge in [-0.25, -0.2) is 0 Å². The lowest BCUT2D eigenvalue weighted by atomic mass is 9.97. The topological polar surface area (TPSA) is 0 Å². The highest BCUT2D eigenvalue weighted by Gasteiger charge is 2.08. The van der Waals surface area contributed by atoms with Crippen molar-refractivity contribution in [2.24, 2.45) is 0 Å². The van der Waals surface area contributed by atoms with Gasteiger partial charge in [0.15, 0.2) is 0 Å². The molecule has 29 heavy (non-hydrogen) atoms. The van der Waals surface area contributed by atoms with Crippen LogP contribution in [0, 0.1) is 20.8 Å². The van der Waals surface area contributed by atoms with Gasteiger partial charge in [0.1, 0.15) is 0 Å². The summed E-state index contributed by atoms with van der Waals surface area (Å²) in [6.07, 6.45) is 4.53. The average Bonchev–Trinajstić information content (AvgIpc) is 3.30. The molecule has 0 atom stereocenters. The first-order valence-corrected chi connectivity index (χ1v) is 11.6. The normalized spacial score (nSPS) is 12.7. The summed E-state index contributed by atoms with van der Waals surface area (Å²) >= 11 is 3.72. The molecule has 0 fully saturated rings. The number of rotatable bonds is 4. The van der Waals surface area contributed by atoms with Crippen molar-refractivity contribution in [3.05, 3.63) is 92.0 Å². The van der Waals surface area contributed by atoms with Gasteiger partial charge in [-0.05, 0) is 110 Å². The Balaban J connectivity index is 1.74. The van der Waals surface area contributed by atoms with Gasteiger partial charge in [0.2, 0.25) is 0 Å². The van der Waals surface area contributed by atoms with Crippen molar-refractivity contribution in [1.82, 2.24) is 0 Å². The van der Waals surface area contributed by atoms with Gasteiger partial charge < -0.3 is 0 Å². The lowest BCUT2D eigenvalue weighted by molar-refractivity contribution is 1.50. The summed E-state index contributed by atoms with van der Waals surface area (Å²) in [6, 6.07) is 20.3. The number of hydrogen-bond donors (Lipinski definition) is 0. The summed E-state index contributed by atoms with van der Waals surface area (Å²) in [5.41, 5.74) is 6.55. The fraction of sp³-hybridized carbons (Fsp3) is 0.185. The molecule has 0 bridgehead atoms. The van der Waals surface area contributed by atoms with E-state index in [2.05, 4.69) is 101 Å². The van der Waals surface area contributed by atoms with Crippen molar-refractivity contribution < 1.29 is 0 Å². The second kappa shape index (κ2) is 8.14. The highest BCUT2D eigenvalue weighted by Crippen LogP contribution is 2.34. The summed E-state index contributed by atoms with van der Waals surface area (Å²) in [5, 5.41) is 2.60. The van der Waals surface area contributed by atoms with E-state index in [9.17, 15) is 0 Å². The first-order chi connectivity index (χ1) is 13.9. The number of aryl methyl sites for hydroxylation is 3. The standard InChI is InChI=1S/C27H26S2/c1-6-24(26-11-7-19(4)28-26)17(2)13-21-9-10-22-14-18(3)25(16-23(22)15-21)27-12-8-20(5)29-27/h6-16H,1-5H3/b17-13-,24-6+.